The smallest absolute Gasteiger partial charge is 0.389 e. The van der Waals surface area contributed by atoms with Gasteiger partial charge in [0.1, 0.15) is 11.5 Å². The minimum Gasteiger partial charge on any atom is -0.389 e. The van der Waals surface area contributed by atoms with Gasteiger partial charge < -0.3 is 20.6 Å². The fourth-order valence-corrected chi connectivity index (χ4v) is 5.72. The Bertz CT molecular complexity index is 1240. The molecular formula is C25H30F5N5O3S. The summed E-state index contributed by atoms with van der Waals surface area (Å²) in [5.74, 6) is -4.83. The lowest BCUT2D eigenvalue weighted by atomic mass is 10.1. The molecule has 2 aliphatic rings. The third kappa shape index (κ3) is 6.48. The van der Waals surface area contributed by atoms with Gasteiger partial charge in [-0.3, -0.25) is 9.59 Å². The Kier molecular flexibility index (Phi) is 7.92. The van der Waals surface area contributed by atoms with E-state index in [0.717, 1.165) is 6.20 Å². The number of carbonyl (C=O) groups is 2. The molecule has 0 aromatic carbocycles. The molecule has 39 heavy (non-hydrogen) atoms. The molecule has 2 amide bonds. The minimum atomic E-state index is -4.93. The molecule has 14 heteroatoms. The molecule has 1 saturated heterocycles. The summed E-state index contributed by atoms with van der Waals surface area (Å²) in [5, 5.41) is 14.6. The molecule has 4 rings (SSSR count). The zero-order valence-electron chi connectivity index (χ0n) is 21.7. The third-order valence-electron chi connectivity index (χ3n) is 6.81. The van der Waals surface area contributed by atoms with Gasteiger partial charge in [-0.15, -0.1) is 11.3 Å². The van der Waals surface area contributed by atoms with E-state index in [0.29, 0.717) is 36.8 Å². The zero-order valence-corrected chi connectivity index (χ0v) is 22.5. The molecule has 1 unspecified atom stereocenters. The molecule has 2 aromatic rings. The van der Waals surface area contributed by atoms with Crippen LogP contribution >= 0.6 is 11.3 Å². The molecule has 3 heterocycles. The van der Waals surface area contributed by atoms with E-state index in [1.807, 2.05) is 6.92 Å². The van der Waals surface area contributed by atoms with E-state index in [1.54, 1.807) is 0 Å². The highest BCUT2D eigenvalue weighted by Gasteiger charge is 2.44. The maximum Gasteiger partial charge on any atom is 0.417 e. The summed E-state index contributed by atoms with van der Waals surface area (Å²) in [5.41, 5.74) is -3.26. The summed E-state index contributed by atoms with van der Waals surface area (Å²) in [6.07, 6.45) is -2.68. The molecular weight excluding hydrogens is 545 g/mol. The van der Waals surface area contributed by atoms with Crippen molar-refractivity contribution >= 4 is 29.0 Å². The lowest BCUT2D eigenvalue weighted by Crippen LogP contribution is -2.38. The topological polar surface area (TPSA) is 107 Å². The van der Waals surface area contributed by atoms with Gasteiger partial charge in [-0.05, 0) is 52.5 Å². The number of nitrogens with zero attached hydrogens (tertiary/aromatic N) is 3. The van der Waals surface area contributed by atoms with Gasteiger partial charge in [0.15, 0.2) is 5.01 Å². The molecule has 3 N–H and O–H groups in total. The van der Waals surface area contributed by atoms with Gasteiger partial charge in [0.2, 0.25) is 0 Å². The number of thiazole rings is 1. The first kappa shape index (κ1) is 29.1. The Hall–Kier alpha value is -2.87. The average molecular weight is 576 g/mol. The van der Waals surface area contributed by atoms with Gasteiger partial charge in [-0.2, -0.15) is 13.2 Å². The maximum absolute atomic E-state index is 14.3. The number of hydrogen-bond acceptors (Lipinski definition) is 7. The Morgan fingerprint density at radius 2 is 1.95 bits per heavy atom. The van der Waals surface area contributed by atoms with E-state index in [4.69, 9.17) is 0 Å². The third-order valence-corrected chi connectivity index (χ3v) is 7.90. The van der Waals surface area contributed by atoms with Crippen LogP contribution in [0, 0.1) is 0 Å². The minimum absolute atomic E-state index is 0.0857. The van der Waals surface area contributed by atoms with Crippen molar-refractivity contribution in [2.24, 2.45) is 0 Å². The normalized spacial score (nSPS) is 21.3. The van der Waals surface area contributed by atoms with E-state index in [1.165, 1.54) is 18.7 Å². The number of likely N-dealkylation sites (tertiary alicyclic amines) is 1. The van der Waals surface area contributed by atoms with Gasteiger partial charge >= 0.3 is 6.18 Å². The van der Waals surface area contributed by atoms with Crippen LogP contribution in [0.2, 0.25) is 0 Å². The second-order valence-corrected chi connectivity index (χ2v) is 11.6. The molecule has 1 saturated carbocycles. The predicted molar refractivity (Wildman–Crippen MR) is 135 cm³/mol. The Morgan fingerprint density at radius 1 is 1.23 bits per heavy atom. The number of alkyl halides is 5. The number of halogens is 5. The van der Waals surface area contributed by atoms with Crippen molar-refractivity contribution in [1.82, 2.24) is 20.2 Å². The van der Waals surface area contributed by atoms with Crippen molar-refractivity contribution in [2.45, 2.75) is 82.7 Å². The quantitative estimate of drug-likeness (QED) is 0.404. The summed E-state index contributed by atoms with van der Waals surface area (Å²) in [4.78, 5) is 35.6. The molecule has 214 valence electrons. The maximum atomic E-state index is 14.3. The number of pyridine rings is 1. The van der Waals surface area contributed by atoms with Crippen LogP contribution in [-0.2, 0) is 6.18 Å². The average Bonchev–Trinajstić information content (AvgIpc) is 3.54. The highest BCUT2D eigenvalue weighted by atomic mass is 32.1. The number of nitrogens with one attached hydrogen (secondary N) is 2. The van der Waals surface area contributed by atoms with Crippen molar-refractivity contribution in [3.63, 3.8) is 0 Å². The van der Waals surface area contributed by atoms with Crippen LogP contribution in [0.5, 0.6) is 0 Å². The zero-order chi connectivity index (χ0) is 28.8. The SMILES string of the molecule is C[C@H]1CCCN1C(=O)c1nc(C(=O)NCC(C)(C)O)sc1-c1cnc(NC2CCCC2(F)F)cc1C(F)(F)F. The van der Waals surface area contributed by atoms with Crippen molar-refractivity contribution in [3.8, 4) is 10.4 Å². The van der Waals surface area contributed by atoms with Gasteiger partial charge in [0.05, 0.1) is 22.1 Å². The highest BCUT2D eigenvalue weighted by Crippen LogP contribution is 2.43. The summed E-state index contributed by atoms with van der Waals surface area (Å²) in [7, 11) is 0. The Labute approximate surface area is 226 Å². The van der Waals surface area contributed by atoms with Gasteiger partial charge in [0.25, 0.3) is 17.7 Å². The molecule has 2 fully saturated rings. The van der Waals surface area contributed by atoms with Crippen LogP contribution in [-0.4, -0.2) is 68.5 Å². The fourth-order valence-electron chi connectivity index (χ4n) is 4.72. The summed E-state index contributed by atoms with van der Waals surface area (Å²) in [6, 6.07) is -0.871. The van der Waals surface area contributed by atoms with Crippen LogP contribution in [0.3, 0.4) is 0 Å². The number of aliphatic hydroxyl groups is 1. The van der Waals surface area contributed by atoms with Gasteiger partial charge in [-0.1, -0.05) is 0 Å². The Morgan fingerprint density at radius 3 is 2.51 bits per heavy atom. The predicted octanol–water partition coefficient (Wildman–Crippen LogP) is 4.95. The van der Waals surface area contributed by atoms with Gasteiger partial charge in [0, 0.05) is 37.3 Å². The number of rotatable bonds is 7. The van der Waals surface area contributed by atoms with Crippen molar-refractivity contribution < 1.29 is 36.6 Å². The van der Waals surface area contributed by atoms with Crippen molar-refractivity contribution in [1.29, 1.82) is 0 Å². The number of aromatic nitrogens is 2. The first-order chi connectivity index (χ1) is 18.1. The van der Waals surface area contributed by atoms with Crippen LogP contribution < -0.4 is 10.6 Å². The Balaban J connectivity index is 1.77. The molecule has 1 aliphatic heterocycles. The molecule has 8 nitrogen and oxygen atoms in total. The van der Waals surface area contributed by atoms with Crippen LogP contribution in [0.25, 0.3) is 10.4 Å². The summed E-state index contributed by atoms with van der Waals surface area (Å²) < 4.78 is 71.0. The van der Waals surface area contributed by atoms with Crippen LogP contribution in [0.1, 0.15) is 78.7 Å². The molecule has 0 bridgehead atoms. The van der Waals surface area contributed by atoms with Gasteiger partial charge in [-0.25, -0.2) is 18.7 Å². The van der Waals surface area contributed by atoms with E-state index in [-0.39, 0.29) is 53.2 Å². The highest BCUT2D eigenvalue weighted by molar-refractivity contribution is 7.17. The largest absolute Gasteiger partial charge is 0.417 e. The number of anilines is 1. The first-order valence-electron chi connectivity index (χ1n) is 12.6. The molecule has 2 atom stereocenters. The standard InChI is InChI=1S/C25H30F5N5O3S/c1-13-6-5-9-35(13)22(37)18-19(39-21(34-18)20(36)32-12-23(2,3)38)14-11-31-17(10-15(14)25(28,29)30)33-16-7-4-8-24(16,26)27/h10-11,13,16,38H,4-9,12H2,1-3H3,(H,31,33)(H,32,36)/t13-,16?/m0/s1. The lowest BCUT2D eigenvalue weighted by Gasteiger charge is -2.22. The lowest BCUT2D eigenvalue weighted by molar-refractivity contribution is -0.137. The molecule has 2 aromatic heterocycles. The second-order valence-electron chi connectivity index (χ2n) is 10.6. The van der Waals surface area contributed by atoms with E-state index < -0.39 is 46.7 Å². The summed E-state index contributed by atoms with van der Waals surface area (Å²) in [6.45, 7) is 4.97. The van der Waals surface area contributed by atoms with Crippen molar-refractivity contribution in [3.05, 3.63) is 28.5 Å². The molecule has 0 spiro atoms. The second kappa shape index (κ2) is 10.6. The van der Waals surface area contributed by atoms with Crippen LogP contribution in [0.15, 0.2) is 12.3 Å². The number of carbonyl (C=O) groups excluding carboxylic acids is 2. The van der Waals surface area contributed by atoms with Crippen LogP contribution in [0.4, 0.5) is 27.8 Å². The number of hydrogen-bond donors (Lipinski definition) is 3. The van der Waals surface area contributed by atoms with E-state index >= 15 is 0 Å². The fraction of sp³-hybridized carbons (Fsp3) is 0.600. The molecule has 1 aliphatic carbocycles. The van der Waals surface area contributed by atoms with Crippen molar-refractivity contribution in [2.75, 3.05) is 18.4 Å². The van der Waals surface area contributed by atoms with E-state index in [9.17, 15) is 36.6 Å². The van der Waals surface area contributed by atoms with E-state index in [2.05, 4.69) is 20.6 Å². The monoisotopic (exact) mass is 575 g/mol. The first-order valence-corrected chi connectivity index (χ1v) is 13.4. The summed E-state index contributed by atoms with van der Waals surface area (Å²) >= 11 is 0.596. The molecule has 0 radical (unpaired) electrons. The number of amides is 2.